The molecule has 0 aromatic heterocycles. The predicted octanol–water partition coefficient (Wildman–Crippen LogP) is 3.75. The first-order chi connectivity index (χ1) is 14.0. The van der Waals surface area contributed by atoms with Crippen LogP contribution in [-0.2, 0) is 4.79 Å². The Morgan fingerprint density at radius 1 is 1.07 bits per heavy atom. The molecule has 0 bridgehead atoms. The van der Waals surface area contributed by atoms with E-state index < -0.39 is 6.04 Å². The summed E-state index contributed by atoms with van der Waals surface area (Å²) in [4.78, 5) is 27.3. The highest BCUT2D eigenvalue weighted by Crippen LogP contribution is 2.53. The van der Waals surface area contributed by atoms with Crippen molar-refractivity contribution in [3.8, 4) is 17.2 Å². The summed E-state index contributed by atoms with van der Waals surface area (Å²) in [6, 6.07) is 16.3. The summed E-state index contributed by atoms with van der Waals surface area (Å²) in [5, 5.41) is 12.3. The molecule has 5 heteroatoms. The molecule has 4 rings (SSSR count). The molecule has 1 saturated carbocycles. The fourth-order valence-corrected chi connectivity index (χ4v) is 4.14. The van der Waals surface area contributed by atoms with Crippen LogP contribution < -0.4 is 5.32 Å². The highest BCUT2D eigenvalue weighted by molar-refractivity contribution is 5.98. The maximum Gasteiger partial charge on any atom is 0.251 e. The van der Waals surface area contributed by atoms with E-state index in [1.165, 1.54) is 12.8 Å². The van der Waals surface area contributed by atoms with E-state index in [-0.39, 0.29) is 11.8 Å². The first-order valence-electron chi connectivity index (χ1n) is 10.2. The van der Waals surface area contributed by atoms with Crippen LogP contribution in [0.25, 0.3) is 11.1 Å². The van der Waals surface area contributed by atoms with Gasteiger partial charge in [-0.3, -0.25) is 9.59 Å². The number of hydrogen-bond donors (Lipinski definition) is 1. The van der Waals surface area contributed by atoms with Gasteiger partial charge in [-0.15, -0.1) is 0 Å². The zero-order valence-electron chi connectivity index (χ0n) is 16.6. The van der Waals surface area contributed by atoms with Crippen LogP contribution in [-0.4, -0.2) is 35.8 Å². The average molecular weight is 387 g/mol. The van der Waals surface area contributed by atoms with Gasteiger partial charge in [-0.05, 0) is 61.3 Å². The normalized spacial score (nSPS) is 18.0. The Morgan fingerprint density at radius 3 is 2.38 bits per heavy atom. The number of carbonyl (C=O) groups is 2. The largest absolute Gasteiger partial charge is 0.341 e. The van der Waals surface area contributed by atoms with Crippen LogP contribution in [0.4, 0.5) is 0 Å². The SMILES string of the molecule is C[C@H](NC(=O)c1ccc(-c2ccccc2)c(C#N)c1)C(=O)N1CCC2(CC1)CC2. The molecule has 148 valence electrons. The number of amides is 2. The number of likely N-dealkylation sites (tertiary alicyclic amines) is 1. The number of rotatable bonds is 4. The van der Waals surface area contributed by atoms with Crippen LogP contribution in [0, 0.1) is 16.7 Å². The highest BCUT2D eigenvalue weighted by atomic mass is 16.2. The number of carbonyl (C=O) groups excluding carboxylic acids is 2. The number of benzene rings is 2. The molecular weight excluding hydrogens is 362 g/mol. The quantitative estimate of drug-likeness (QED) is 0.868. The molecule has 0 unspecified atom stereocenters. The first-order valence-corrected chi connectivity index (χ1v) is 10.2. The van der Waals surface area contributed by atoms with Gasteiger partial charge in [0.1, 0.15) is 6.04 Å². The fourth-order valence-electron chi connectivity index (χ4n) is 4.14. The van der Waals surface area contributed by atoms with Gasteiger partial charge in [0.05, 0.1) is 11.6 Å². The lowest BCUT2D eigenvalue weighted by atomic mass is 9.93. The molecule has 0 radical (unpaired) electrons. The van der Waals surface area contributed by atoms with Crippen molar-refractivity contribution in [3.63, 3.8) is 0 Å². The third-order valence-corrected chi connectivity index (χ3v) is 6.30. The molecular formula is C24H25N3O2. The summed E-state index contributed by atoms with van der Waals surface area (Å²) in [5.74, 6) is -0.368. The number of piperidine rings is 1. The molecule has 1 aliphatic heterocycles. The zero-order chi connectivity index (χ0) is 20.4. The van der Waals surface area contributed by atoms with Gasteiger partial charge in [0.2, 0.25) is 5.91 Å². The Bertz CT molecular complexity index is 963. The molecule has 1 spiro atoms. The van der Waals surface area contributed by atoms with Crippen molar-refractivity contribution < 1.29 is 9.59 Å². The van der Waals surface area contributed by atoms with Crippen molar-refractivity contribution in [2.45, 2.75) is 38.6 Å². The minimum absolute atomic E-state index is 0.0322. The number of hydrogen-bond acceptors (Lipinski definition) is 3. The summed E-state index contributed by atoms with van der Waals surface area (Å²) in [6.07, 6.45) is 4.74. The summed E-state index contributed by atoms with van der Waals surface area (Å²) < 4.78 is 0. The lowest BCUT2D eigenvalue weighted by molar-refractivity contribution is -0.134. The maximum absolute atomic E-state index is 12.7. The molecule has 2 aliphatic rings. The van der Waals surface area contributed by atoms with Crippen LogP contribution in [0.5, 0.6) is 0 Å². The van der Waals surface area contributed by atoms with Crippen LogP contribution >= 0.6 is 0 Å². The van der Waals surface area contributed by atoms with Crippen molar-refractivity contribution in [2.24, 2.45) is 5.41 Å². The summed E-state index contributed by atoms with van der Waals surface area (Å²) in [5.41, 5.74) is 3.05. The molecule has 1 saturated heterocycles. The molecule has 1 aliphatic carbocycles. The van der Waals surface area contributed by atoms with E-state index in [0.29, 0.717) is 16.5 Å². The molecule has 2 amide bonds. The molecule has 2 fully saturated rings. The Hall–Kier alpha value is -3.13. The minimum atomic E-state index is -0.588. The number of nitrogens with zero attached hydrogens (tertiary/aromatic N) is 2. The maximum atomic E-state index is 12.7. The van der Waals surface area contributed by atoms with Gasteiger partial charge in [-0.25, -0.2) is 0 Å². The Balaban J connectivity index is 1.42. The lowest BCUT2D eigenvalue weighted by Crippen LogP contribution is -2.49. The molecule has 5 nitrogen and oxygen atoms in total. The highest BCUT2D eigenvalue weighted by Gasteiger charge is 2.45. The van der Waals surface area contributed by atoms with Crippen LogP contribution in [0.15, 0.2) is 48.5 Å². The predicted molar refractivity (Wildman–Crippen MR) is 111 cm³/mol. The molecule has 1 N–H and O–H groups in total. The number of nitriles is 1. The molecule has 29 heavy (non-hydrogen) atoms. The van der Waals surface area contributed by atoms with Gasteiger partial charge in [-0.1, -0.05) is 36.4 Å². The number of nitrogens with one attached hydrogen (secondary N) is 1. The van der Waals surface area contributed by atoms with Crippen molar-refractivity contribution >= 4 is 11.8 Å². The monoisotopic (exact) mass is 387 g/mol. The second-order valence-electron chi connectivity index (χ2n) is 8.26. The van der Waals surface area contributed by atoms with E-state index in [4.69, 9.17) is 0 Å². The van der Waals surface area contributed by atoms with E-state index in [1.807, 2.05) is 35.2 Å². The molecule has 1 atom stereocenters. The van der Waals surface area contributed by atoms with E-state index in [0.717, 1.165) is 37.1 Å². The van der Waals surface area contributed by atoms with E-state index in [9.17, 15) is 14.9 Å². The summed E-state index contributed by atoms with van der Waals surface area (Å²) >= 11 is 0. The lowest BCUT2D eigenvalue weighted by Gasteiger charge is -2.33. The van der Waals surface area contributed by atoms with Gasteiger partial charge in [0, 0.05) is 18.7 Å². The van der Waals surface area contributed by atoms with Gasteiger partial charge in [0.15, 0.2) is 0 Å². The Labute approximate surface area is 171 Å². The summed E-state index contributed by atoms with van der Waals surface area (Å²) in [7, 11) is 0. The minimum Gasteiger partial charge on any atom is -0.341 e. The molecule has 2 aromatic carbocycles. The van der Waals surface area contributed by atoms with Crippen molar-refractivity contribution in [1.82, 2.24) is 10.2 Å². The Kier molecular flexibility index (Phi) is 5.10. The van der Waals surface area contributed by atoms with Crippen LogP contribution in [0.1, 0.15) is 48.5 Å². The zero-order valence-corrected chi connectivity index (χ0v) is 16.6. The van der Waals surface area contributed by atoms with Gasteiger partial charge >= 0.3 is 0 Å². The second kappa shape index (κ2) is 7.71. The third kappa shape index (κ3) is 4.02. The standard InChI is InChI=1S/C24H25N3O2/c1-17(23(29)27-13-11-24(9-10-24)12-14-27)26-22(28)19-7-8-21(20(15-19)16-25)18-5-3-2-4-6-18/h2-8,15,17H,9-14H2,1H3,(H,26,28)/t17-/m0/s1. The van der Waals surface area contributed by atoms with Crippen molar-refractivity contribution in [2.75, 3.05) is 13.1 Å². The molecule has 1 heterocycles. The first kappa shape index (κ1) is 19.2. The van der Waals surface area contributed by atoms with Crippen molar-refractivity contribution in [3.05, 3.63) is 59.7 Å². The van der Waals surface area contributed by atoms with E-state index in [1.54, 1.807) is 25.1 Å². The van der Waals surface area contributed by atoms with E-state index in [2.05, 4.69) is 11.4 Å². The van der Waals surface area contributed by atoms with Gasteiger partial charge < -0.3 is 10.2 Å². The smallest absolute Gasteiger partial charge is 0.251 e. The topological polar surface area (TPSA) is 73.2 Å². The molecule has 2 aromatic rings. The third-order valence-electron chi connectivity index (χ3n) is 6.30. The van der Waals surface area contributed by atoms with Crippen molar-refractivity contribution in [1.29, 1.82) is 5.26 Å². The van der Waals surface area contributed by atoms with Gasteiger partial charge in [-0.2, -0.15) is 5.26 Å². The fraction of sp³-hybridized carbons (Fsp3) is 0.375. The van der Waals surface area contributed by atoms with Gasteiger partial charge in [0.25, 0.3) is 5.91 Å². The van der Waals surface area contributed by atoms with Crippen LogP contribution in [0.2, 0.25) is 0 Å². The Morgan fingerprint density at radius 2 is 1.76 bits per heavy atom. The van der Waals surface area contributed by atoms with E-state index >= 15 is 0 Å². The summed E-state index contributed by atoms with van der Waals surface area (Å²) in [6.45, 7) is 3.29. The van der Waals surface area contributed by atoms with Crippen LogP contribution in [0.3, 0.4) is 0 Å². The average Bonchev–Trinajstić information content (AvgIpc) is 3.52. The second-order valence-corrected chi connectivity index (χ2v) is 8.26.